The van der Waals surface area contributed by atoms with Gasteiger partial charge in [0.25, 0.3) is 5.91 Å². The molecule has 0 aliphatic heterocycles. The summed E-state index contributed by atoms with van der Waals surface area (Å²) in [4.78, 5) is 23.5. The van der Waals surface area contributed by atoms with Crippen LogP contribution >= 0.6 is 0 Å². The Bertz CT molecular complexity index is 586. The van der Waals surface area contributed by atoms with Gasteiger partial charge in [-0.3, -0.25) is 14.9 Å². The number of nitro groups is 1. The topological polar surface area (TPSA) is 63.5 Å². The lowest BCUT2D eigenvalue weighted by molar-refractivity contribution is -0.387. The number of carbonyl (C=O) groups excluding carboxylic acids is 1. The first-order valence-electron chi connectivity index (χ1n) is 6.75. The molecule has 0 unspecified atom stereocenters. The highest BCUT2D eigenvalue weighted by molar-refractivity contribution is 5.95. The van der Waals surface area contributed by atoms with E-state index in [1.54, 1.807) is 13.8 Å². The second-order valence-electron chi connectivity index (χ2n) is 5.54. The molecule has 0 aromatic heterocycles. The average molecular weight is 298 g/mol. The van der Waals surface area contributed by atoms with Crippen LogP contribution in [0.1, 0.15) is 37.0 Å². The minimum Gasteiger partial charge on any atom is -0.336 e. The number of hydrogen-bond acceptors (Lipinski definition) is 3. The highest BCUT2D eigenvalue weighted by atomic mass is 19.1. The predicted octanol–water partition coefficient (Wildman–Crippen LogP) is 3.13. The molecule has 0 atom stereocenters. The third-order valence-electron chi connectivity index (χ3n) is 3.48. The van der Waals surface area contributed by atoms with Gasteiger partial charge in [-0.25, -0.2) is 4.39 Å². The first-order chi connectivity index (χ1) is 9.81. The normalized spacial score (nSPS) is 14.3. The van der Waals surface area contributed by atoms with Crippen LogP contribution in [-0.4, -0.2) is 28.3 Å². The minimum absolute atomic E-state index is 0.195. The van der Waals surface area contributed by atoms with Gasteiger partial charge in [-0.15, -0.1) is 0 Å². The van der Waals surface area contributed by atoms with Crippen LogP contribution in [0.15, 0.2) is 12.1 Å². The first-order valence-corrected chi connectivity index (χ1v) is 6.75. The molecule has 7 heteroatoms. The molecule has 21 heavy (non-hydrogen) atoms. The first kappa shape index (κ1) is 15.3. The zero-order valence-corrected chi connectivity index (χ0v) is 11.8. The summed E-state index contributed by atoms with van der Waals surface area (Å²) in [6, 6.07) is 1.000. The zero-order chi connectivity index (χ0) is 15.7. The van der Waals surface area contributed by atoms with E-state index in [2.05, 4.69) is 0 Å². The Morgan fingerprint density at radius 3 is 2.52 bits per heavy atom. The maximum atomic E-state index is 14.1. The van der Waals surface area contributed by atoms with Crippen LogP contribution in [0.25, 0.3) is 0 Å². The van der Waals surface area contributed by atoms with Crippen LogP contribution in [0.4, 0.5) is 14.5 Å². The van der Waals surface area contributed by atoms with Gasteiger partial charge in [-0.2, -0.15) is 4.39 Å². The van der Waals surface area contributed by atoms with Gasteiger partial charge in [-0.05, 0) is 38.7 Å². The second-order valence-corrected chi connectivity index (χ2v) is 5.54. The van der Waals surface area contributed by atoms with Crippen LogP contribution in [-0.2, 0) is 0 Å². The highest BCUT2D eigenvalue weighted by Crippen LogP contribution is 2.31. The molecule has 1 amide bonds. The van der Waals surface area contributed by atoms with E-state index < -0.39 is 33.7 Å². The van der Waals surface area contributed by atoms with Crippen LogP contribution in [0.3, 0.4) is 0 Å². The molecular weight excluding hydrogens is 282 g/mol. The molecule has 1 aromatic rings. The molecule has 1 fully saturated rings. The molecule has 1 aliphatic carbocycles. The number of nitrogens with zero attached hydrogens (tertiary/aromatic N) is 2. The fourth-order valence-electron chi connectivity index (χ4n) is 2.12. The molecule has 0 saturated heterocycles. The average Bonchev–Trinajstić information content (AvgIpc) is 3.20. The van der Waals surface area contributed by atoms with Crippen molar-refractivity contribution in [1.82, 2.24) is 4.90 Å². The van der Waals surface area contributed by atoms with Crippen molar-refractivity contribution in [2.24, 2.45) is 5.92 Å². The number of hydrogen-bond donors (Lipinski definition) is 0. The van der Waals surface area contributed by atoms with Crippen LogP contribution in [0.2, 0.25) is 0 Å². The summed E-state index contributed by atoms with van der Waals surface area (Å²) in [7, 11) is 0. The SMILES string of the molecule is CC(C)N(CC1CC1)C(=O)c1cc(F)cc([N+](=O)[O-])c1F. The van der Waals surface area contributed by atoms with E-state index in [-0.39, 0.29) is 6.04 Å². The van der Waals surface area contributed by atoms with Gasteiger partial charge >= 0.3 is 5.69 Å². The molecular formula is C14H16F2N2O3. The van der Waals surface area contributed by atoms with E-state index in [0.717, 1.165) is 12.8 Å². The van der Waals surface area contributed by atoms with E-state index >= 15 is 0 Å². The fraction of sp³-hybridized carbons (Fsp3) is 0.500. The van der Waals surface area contributed by atoms with Gasteiger partial charge in [0.1, 0.15) is 5.82 Å². The molecule has 1 aromatic carbocycles. The molecule has 0 bridgehead atoms. The zero-order valence-electron chi connectivity index (χ0n) is 11.8. The predicted molar refractivity (Wildman–Crippen MR) is 71.9 cm³/mol. The van der Waals surface area contributed by atoms with E-state index in [4.69, 9.17) is 0 Å². The number of rotatable bonds is 5. The standard InChI is InChI=1S/C14H16F2N2O3/c1-8(2)17(7-9-3-4-9)14(19)11-5-10(15)6-12(13(11)16)18(20)21/h5-6,8-9H,3-4,7H2,1-2H3. The van der Waals surface area contributed by atoms with E-state index in [0.29, 0.717) is 24.6 Å². The summed E-state index contributed by atoms with van der Waals surface area (Å²) in [6.45, 7) is 4.00. The number of amides is 1. The third kappa shape index (κ3) is 3.34. The van der Waals surface area contributed by atoms with Gasteiger partial charge in [0.2, 0.25) is 5.82 Å². The summed E-state index contributed by atoms with van der Waals surface area (Å²) in [6.07, 6.45) is 2.00. The lowest BCUT2D eigenvalue weighted by Gasteiger charge is -2.27. The van der Waals surface area contributed by atoms with E-state index in [1.165, 1.54) is 4.90 Å². The van der Waals surface area contributed by atoms with Gasteiger partial charge in [0.05, 0.1) is 16.6 Å². The van der Waals surface area contributed by atoms with Crippen molar-refractivity contribution in [2.45, 2.75) is 32.7 Å². The molecule has 0 heterocycles. The van der Waals surface area contributed by atoms with E-state index in [9.17, 15) is 23.7 Å². The molecule has 5 nitrogen and oxygen atoms in total. The van der Waals surface area contributed by atoms with Gasteiger partial charge in [0, 0.05) is 12.6 Å². The van der Waals surface area contributed by atoms with Crippen molar-refractivity contribution in [3.8, 4) is 0 Å². The fourth-order valence-corrected chi connectivity index (χ4v) is 2.12. The Balaban J connectivity index is 2.38. The number of halogens is 2. The van der Waals surface area contributed by atoms with Crippen LogP contribution in [0, 0.1) is 27.7 Å². The Morgan fingerprint density at radius 1 is 1.43 bits per heavy atom. The summed E-state index contributed by atoms with van der Waals surface area (Å²) in [5.41, 5.74) is -1.61. The lowest BCUT2D eigenvalue weighted by Crippen LogP contribution is -2.39. The van der Waals surface area contributed by atoms with E-state index in [1.807, 2.05) is 0 Å². The summed E-state index contributed by atoms with van der Waals surface area (Å²) >= 11 is 0. The van der Waals surface area contributed by atoms with Gasteiger partial charge in [-0.1, -0.05) is 0 Å². The summed E-state index contributed by atoms with van der Waals surface area (Å²) in [5, 5.41) is 10.7. The second kappa shape index (κ2) is 5.75. The Morgan fingerprint density at radius 2 is 2.05 bits per heavy atom. The summed E-state index contributed by atoms with van der Waals surface area (Å²) in [5.74, 6) is -2.62. The molecule has 0 N–H and O–H groups in total. The van der Waals surface area contributed by atoms with Crippen molar-refractivity contribution in [2.75, 3.05) is 6.54 Å². The smallest absolute Gasteiger partial charge is 0.308 e. The maximum absolute atomic E-state index is 14.1. The van der Waals surface area contributed by atoms with Crippen molar-refractivity contribution in [1.29, 1.82) is 0 Å². The Kier molecular flexibility index (Phi) is 4.20. The number of benzene rings is 1. The molecule has 2 rings (SSSR count). The Hall–Kier alpha value is -2.05. The minimum atomic E-state index is -1.28. The maximum Gasteiger partial charge on any atom is 0.308 e. The largest absolute Gasteiger partial charge is 0.336 e. The quantitative estimate of drug-likeness (QED) is 0.619. The molecule has 0 radical (unpaired) electrons. The Labute approximate surface area is 120 Å². The highest BCUT2D eigenvalue weighted by Gasteiger charge is 2.32. The third-order valence-corrected chi connectivity index (χ3v) is 3.48. The molecule has 114 valence electrons. The van der Waals surface area contributed by atoms with Gasteiger partial charge in [0.15, 0.2) is 0 Å². The van der Waals surface area contributed by atoms with Crippen molar-refractivity contribution >= 4 is 11.6 Å². The van der Waals surface area contributed by atoms with Crippen molar-refractivity contribution in [3.05, 3.63) is 39.4 Å². The number of nitro benzene ring substituents is 1. The van der Waals surface area contributed by atoms with Crippen molar-refractivity contribution in [3.63, 3.8) is 0 Å². The molecule has 1 saturated carbocycles. The van der Waals surface area contributed by atoms with Gasteiger partial charge < -0.3 is 4.90 Å². The lowest BCUT2D eigenvalue weighted by atomic mass is 10.1. The van der Waals surface area contributed by atoms with Crippen LogP contribution < -0.4 is 0 Å². The number of carbonyl (C=O) groups is 1. The molecule has 1 aliphatic rings. The molecule has 0 spiro atoms. The van der Waals surface area contributed by atoms with Crippen LogP contribution in [0.5, 0.6) is 0 Å². The summed E-state index contributed by atoms with van der Waals surface area (Å²) < 4.78 is 27.5. The van der Waals surface area contributed by atoms with Crippen molar-refractivity contribution < 1.29 is 18.5 Å². The monoisotopic (exact) mass is 298 g/mol.